The molecule has 4 aromatic rings. The van der Waals surface area contributed by atoms with Gasteiger partial charge in [0.1, 0.15) is 34.1 Å². The van der Waals surface area contributed by atoms with Gasteiger partial charge in [-0.2, -0.15) is 0 Å². The van der Waals surface area contributed by atoms with Crippen molar-refractivity contribution in [3.63, 3.8) is 0 Å². The van der Waals surface area contributed by atoms with E-state index in [1.54, 1.807) is 71.9 Å². The first kappa shape index (κ1) is 40.4. The summed E-state index contributed by atoms with van der Waals surface area (Å²) in [5, 5.41) is 17.2. The van der Waals surface area contributed by atoms with Gasteiger partial charge in [0.05, 0.1) is 6.61 Å². The molecule has 10 nitrogen and oxygen atoms in total. The molecule has 1 aliphatic rings. The van der Waals surface area contributed by atoms with Crippen LogP contribution in [-0.2, 0) is 23.9 Å². The maximum Gasteiger partial charge on any atom is 0.408 e. The molecule has 1 fully saturated rings. The van der Waals surface area contributed by atoms with Crippen LogP contribution in [0.25, 0.3) is 0 Å². The van der Waals surface area contributed by atoms with Crippen molar-refractivity contribution in [3.8, 4) is 0 Å². The number of alkyl carbamates (subject to hydrolysis) is 1. The van der Waals surface area contributed by atoms with Gasteiger partial charge in [-0.05, 0) is 63.0 Å². The molecule has 5 rings (SSSR count). The molecule has 0 spiro atoms. The van der Waals surface area contributed by atoms with Crippen LogP contribution >= 0.6 is 18.6 Å². The van der Waals surface area contributed by atoms with Crippen molar-refractivity contribution >= 4 is 63.9 Å². The van der Waals surface area contributed by atoms with E-state index >= 15 is 0 Å². The molecule has 0 aromatic heterocycles. The maximum atomic E-state index is 14.9. The van der Waals surface area contributed by atoms with Crippen molar-refractivity contribution in [2.24, 2.45) is 0 Å². The molecular formula is C42H48N3O7PS. The first-order valence-corrected chi connectivity index (χ1v) is 20.6. The number of rotatable bonds is 12. The number of aliphatic hydroxyl groups is 1. The number of carbonyl (C=O) groups is 4. The van der Waals surface area contributed by atoms with E-state index in [1.165, 1.54) is 16.7 Å². The quantitative estimate of drug-likeness (QED) is 0.103. The SMILES string of the molecule is CC(C)(C)OC(=O)N[C@H](C(=O)N[C@@H]1C(=O)N(C(C(=O)OC(C)(C)C)=P(c2ccccc2)(c2ccccc2)c2ccccc2)[C@@H]1SCCO)c1ccccc1. The molecule has 0 bridgehead atoms. The van der Waals surface area contributed by atoms with Gasteiger partial charge >= 0.3 is 12.1 Å². The second-order valence-corrected chi connectivity index (χ2v) is 19.2. The van der Waals surface area contributed by atoms with Gasteiger partial charge in [-0.1, -0.05) is 121 Å². The zero-order valence-corrected chi connectivity index (χ0v) is 33.1. The molecule has 54 heavy (non-hydrogen) atoms. The van der Waals surface area contributed by atoms with Gasteiger partial charge in [0, 0.05) is 12.6 Å². The maximum absolute atomic E-state index is 14.9. The number of esters is 1. The van der Waals surface area contributed by atoms with Crippen LogP contribution in [0.5, 0.6) is 0 Å². The molecule has 3 N–H and O–H groups in total. The Morgan fingerprint density at radius 2 is 1.19 bits per heavy atom. The predicted octanol–water partition coefficient (Wildman–Crippen LogP) is 5.10. The summed E-state index contributed by atoms with van der Waals surface area (Å²) in [4.78, 5) is 58.3. The van der Waals surface area contributed by atoms with E-state index in [9.17, 15) is 24.3 Å². The lowest BCUT2D eigenvalue weighted by Crippen LogP contribution is -2.73. The van der Waals surface area contributed by atoms with Crippen LogP contribution < -0.4 is 26.5 Å². The second kappa shape index (κ2) is 17.1. The van der Waals surface area contributed by atoms with Crippen LogP contribution in [0.2, 0.25) is 0 Å². The first-order chi connectivity index (χ1) is 25.7. The molecule has 12 heteroatoms. The van der Waals surface area contributed by atoms with Crippen LogP contribution in [0.15, 0.2) is 121 Å². The van der Waals surface area contributed by atoms with Crippen molar-refractivity contribution in [3.05, 3.63) is 127 Å². The zero-order valence-electron chi connectivity index (χ0n) is 31.4. The van der Waals surface area contributed by atoms with Crippen LogP contribution in [0.3, 0.4) is 0 Å². The van der Waals surface area contributed by atoms with Crippen LogP contribution in [-0.4, -0.2) is 74.3 Å². The Morgan fingerprint density at radius 1 is 0.741 bits per heavy atom. The third-order valence-electron chi connectivity index (χ3n) is 8.33. The van der Waals surface area contributed by atoms with Crippen molar-refractivity contribution in [2.45, 2.75) is 70.2 Å². The minimum absolute atomic E-state index is 0.151. The van der Waals surface area contributed by atoms with E-state index in [4.69, 9.17) is 9.47 Å². The Balaban J connectivity index is 1.71. The number of likely N-dealkylation sites (tertiary alicyclic amines) is 1. The van der Waals surface area contributed by atoms with E-state index in [1.807, 2.05) is 91.0 Å². The van der Waals surface area contributed by atoms with Gasteiger partial charge in [0.2, 0.25) is 5.91 Å². The summed E-state index contributed by atoms with van der Waals surface area (Å²) in [6, 6.07) is 35.2. The Hall–Kier alpha value is -4.83. The van der Waals surface area contributed by atoms with Gasteiger partial charge in [0.15, 0.2) is 0 Å². The standard InChI is InChI=1S/C42H48N3O7PS/c1-41(2,3)51-39(49)37(53(30-21-13-8-14-22-30,31-23-15-9-16-24-31)32-25-17-10-18-26-32)45-36(48)34(38(45)54-28-27-46)43-35(47)33(29-19-11-7-12-20-29)44-40(50)52-42(4,5)6/h7-26,33-34,38,46H,27-28H2,1-6H3,(H,43,47)(H,44,50)/t33-,34+,38+/m0/s1. The van der Waals surface area contributed by atoms with E-state index in [2.05, 4.69) is 10.6 Å². The number of amides is 3. The second-order valence-electron chi connectivity index (χ2n) is 14.7. The molecule has 1 saturated heterocycles. The number of nitrogens with zero attached hydrogens (tertiary/aromatic N) is 1. The number of β-lactam (4-membered cyclic amide) rings is 1. The summed E-state index contributed by atoms with van der Waals surface area (Å²) in [5.41, 5.74) is -1.11. The number of nitrogens with one attached hydrogen (secondary N) is 2. The Kier molecular flexibility index (Phi) is 12.8. The summed E-state index contributed by atoms with van der Waals surface area (Å²) < 4.78 is 11.6. The first-order valence-electron chi connectivity index (χ1n) is 17.7. The fourth-order valence-corrected chi connectivity index (χ4v) is 11.8. The summed E-state index contributed by atoms with van der Waals surface area (Å²) in [7, 11) is 0. The lowest BCUT2D eigenvalue weighted by Gasteiger charge is -2.49. The third kappa shape index (κ3) is 9.09. The fourth-order valence-electron chi connectivity index (χ4n) is 6.26. The topological polar surface area (TPSA) is 134 Å². The Bertz CT molecular complexity index is 1880. The molecule has 284 valence electrons. The highest BCUT2D eigenvalue weighted by Gasteiger charge is 2.55. The molecule has 0 aliphatic carbocycles. The third-order valence-corrected chi connectivity index (χ3v) is 13.8. The largest absolute Gasteiger partial charge is 0.455 e. The van der Waals surface area contributed by atoms with Gasteiger partial charge < -0.3 is 25.2 Å². The van der Waals surface area contributed by atoms with E-state index in [-0.39, 0.29) is 17.8 Å². The van der Waals surface area contributed by atoms with E-state index in [0.29, 0.717) is 5.56 Å². The highest BCUT2D eigenvalue weighted by Crippen LogP contribution is 2.50. The highest BCUT2D eigenvalue weighted by molar-refractivity contribution is 8.00. The van der Waals surface area contributed by atoms with Gasteiger partial charge in [-0.25, -0.2) is 9.59 Å². The molecule has 0 saturated carbocycles. The summed E-state index contributed by atoms with van der Waals surface area (Å²) in [5.74, 6) is -1.65. The van der Waals surface area contributed by atoms with Crippen LogP contribution in [0.4, 0.5) is 4.79 Å². The Morgan fingerprint density at radius 3 is 1.61 bits per heavy atom. The number of hydrogen-bond donors (Lipinski definition) is 3. The average Bonchev–Trinajstić information content (AvgIpc) is 3.14. The lowest BCUT2D eigenvalue weighted by molar-refractivity contribution is -0.151. The predicted molar refractivity (Wildman–Crippen MR) is 217 cm³/mol. The van der Waals surface area contributed by atoms with Crippen LogP contribution in [0, 0.1) is 0 Å². The summed E-state index contributed by atoms with van der Waals surface area (Å²) in [6.07, 6.45) is -0.803. The molecule has 3 atom stereocenters. The van der Waals surface area contributed by atoms with Gasteiger partial charge in [0.25, 0.3) is 5.91 Å². The summed E-state index contributed by atoms with van der Waals surface area (Å²) in [6.45, 7) is 7.05. The molecule has 0 unspecified atom stereocenters. The minimum atomic E-state index is -3.22. The van der Waals surface area contributed by atoms with Crippen molar-refractivity contribution in [1.82, 2.24) is 15.5 Å². The van der Waals surface area contributed by atoms with Crippen LogP contribution in [0.1, 0.15) is 53.1 Å². The number of benzene rings is 4. The summed E-state index contributed by atoms with van der Waals surface area (Å²) >= 11 is 1.24. The van der Waals surface area contributed by atoms with Crippen molar-refractivity contribution < 1.29 is 33.8 Å². The van der Waals surface area contributed by atoms with E-state index < -0.39 is 59.4 Å². The monoisotopic (exact) mass is 769 g/mol. The van der Waals surface area contributed by atoms with Gasteiger partial charge in [-0.3, -0.25) is 14.5 Å². The number of carbonyl (C=O) groups excluding carboxylic acids is 4. The average molecular weight is 770 g/mol. The normalized spacial score (nSPS) is 16.4. The molecule has 1 heterocycles. The molecule has 1 aliphatic heterocycles. The number of aliphatic hydroxyl groups excluding tert-OH is 1. The molecule has 4 aromatic carbocycles. The number of thioether (sulfide) groups is 1. The lowest BCUT2D eigenvalue weighted by atomic mass is 10.0. The van der Waals surface area contributed by atoms with Crippen molar-refractivity contribution in [2.75, 3.05) is 12.4 Å². The smallest absolute Gasteiger partial charge is 0.408 e. The van der Waals surface area contributed by atoms with Crippen molar-refractivity contribution in [1.29, 1.82) is 0 Å². The van der Waals surface area contributed by atoms with E-state index in [0.717, 1.165) is 15.9 Å². The molecule has 0 radical (unpaired) electrons. The highest BCUT2D eigenvalue weighted by atomic mass is 32.2. The minimum Gasteiger partial charge on any atom is -0.455 e. The van der Waals surface area contributed by atoms with Gasteiger partial charge in [-0.15, -0.1) is 11.8 Å². The molecular weight excluding hydrogens is 722 g/mol. The Labute approximate surface area is 321 Å². The number of ether oxygens (including phenoxy) is 2. The zero-order chi connectivity index (χ0) is 39.1. The number of hydrogen-bond acceptors (Lipinski definition) is 8. The molecule has 3 amide bonds. The fraction of sp³-hybridized carbons (Fsp3) is 0.310.